The van der Waals surface area contributed by atoms with Gasteiger partial charge in [-0.25, -0.2) is 4.79 Å². The fourth-order valence-corrected chi connectivity index (χ4v) is 1.59. The van der Waals surface area contributed by atoms with Gasteiger partial charge in [-0.1, -0.05) is 18.2 Å². The molecular weight excluding hydrogens is 164 g/mol. The van der Waals surface area contributed by atoms with Crippen LogP contribution in [-0.2, 0) is 0 Å². The molecule has 0 fully saturated rings. The summed E-state index contributed by atoms with van der Waals surface area (Å²) >= 11 is 0. The third kappa shape index (κ3) is 1.09. The van der Waals surface area contributed by atoms with Crippen molar-refractivity contribution >= 4 is 16.9 Å². The number of benzene rings is 1. The van der Waals surface area contributed by atoms with Gasteiger partial charge >= 0.3 is 6.03 Å². The summed E-state index contributed by atoms with van der Waals surface area (Å²) in [4.78, 5) is 11.1. The maximum atomic E-state index is 11.1. The van der Waals surface area contributed by atoms with Crippen molar-refractivity contribution in [3.8, 4) is 0 Å². The number of primary amides is 1. The van der Waals surface area contributed by atoms with Crippen molar-refractivity contribution in [2.45, 2.75) is 6.92 Å². The number of nitrogens with two attached hydrogens (primary N) is 1. The van der Waals surface area contributed by atoms with Crippen LogP contribution in [0.1, 0.15) is 5.69 Å². The number of hydrogen-bond donors (Lipinski definition) is 1. The summed E-state index contributed by atoms with van der Waals surface area (Å²) < 4.78 is 1.51. The quantitative estimate of drug-likeness (QED) is 0.651. The van der Waals surface area contributed by atoms with Crippen molar-refractivity contribution in [2.24, 2.45) is 5.73 Å². The Kier molecular flexibility index (Phi) is 1.59. The van der Waals surface area contributed by atoms with Crippen molar-refractivity contribution in [2.75, 3.05) is 0 Å². The van der Waals surface area contributed by atoms with E-state index in [2.05, 4.69) is 0 Å². The summed E-state index contributed by atoms with van der Waals surface area (Å²) in [7, 11) is 0. The van der Waals surface area contributed by atoms with E-state index in [1.165, 1.54) is 4.57 Å². The molecule has 1 aromatic heterocycles. The zero-order valence-electron chi connectivity index (χ0n) is 7.32. The van der Waals surface area contributed by atoms with E-state index in [0.29, 0.717) is 0 Å². The molecular formula is C10H10N2O. The molecule has 3 heteroatoms. The van der Waals surface area contributed by atoms with Crippen molar-refractivity contribution in [1.29, 1.82) is 0 Å². The number of carbonyl (C=O) groups excluding carboxylic acids is 1. The molecule has 1 heterocycles. The van der Waals surface area contributed by atoms with Crippen LogP contribution in [0.3, 0.4) is 0 Å². The van der Waals surface area contributed by atoms with Crippen LogP contribution in [0, 0.1) is 6.92 Å². The molecule has 0 aliphatic rings. The number of nitrogens with zero attached hydrogens (tertiary/aromatic N) is 1. The first kappa shape index (κ1) is 7.86. The third-order valence-electron chi connectivity index (χ3n) is 2.12. The number of hydrogen-bond acceptors (Lipinski definition) is 1. The van der Waals surface area contributed by atoms with Crippen molar-refractivity contribution in [1.82, 2.24) is 4.57 Å². The molecule has 0 saturated carbocycles. The summed E-state index contributed by atoms with van der Waals surface area (Å²) in [6.07, 6.45) is 0. The van der Waals surface area contributed by atoms with Crippen molar-refractivity contribution < 1.29 is 4.79 Å². The van der Waals surface area contributed by atoms with E-state index in [1.807, 2.05) is 37.3 Å². The second-order valence-electron chi connectivity index (χ2n) is 3.02. The first-order valence-corrected chi connectivity index (χ1v) is 4.07. The predicted octanol–water partition coefficient (Wildman–Crippen LogP) is 1.88. The molecule has 2 rings (SSSR count). The largest absolute Gasteiger partial charge is 0.351 e. The molecule has 13 heavy (non-hydrogen) atoms. The van der Waals surface area contributed by atoms with Gasteiger partial charge in [-0.3, -0.25) is 4.57 Å². The fourth-order valence-electron chi connectivity index (χ4n) is 1.59. The number of para-hydroxylation sites is 1. The Hall–Kier alpha value is -1.77. The van der Waals surface area contributed by atoms with Crippen LogP contribution in [0.5, 0.6) is 0 Å². The van der Waals surface area contributed by atoms with E-state index >= 15 is 0 Å². The molecule has 0 unspecified atom stereocenters. The highest BCUT2D eigenvalue weighted by atomic mass is 16.2. The normalized spacial score (nSPS) is 10.5. The molecule has 0 atom stereocenters. The molecule has 1 aromatic carbocycles. The van der Waals surface area contributed by atoms with Crippen molar-refractivity contribution in [3.63, 3.8) is 0 Å². The van der Waals surface area contributed by atoms with Crippen LogP contribution in [-0.4, -0.2) is 10.6 Å². The highest BCUT2D eigenvalue weighted by Gasteiger charge is 2.07. The van der Waals surface area contributed by atoms with E-state index in [0.717, 1.165) is 16.6 Å². The van der Waals surface area contributed by atoms with Crippen molar-refractivity contribution in [3.05, 3.63) is 36.0 Å². The van der Waals surface area contributed by atoms with Crippen LogP contribution in [0.2, 0.25) is 0 Å². The lowest BCUT2D eigenvalue weighted by molar-refractivity contribution is 0.251. The van der Waals surface area contributed by atoms with E-state index in [1.54, 1.807) is 0 Å². The lowest BCUT2D eigenvalue weighted by Gasteiger charge is -2.00. The summed E-state index contributed by atoms with van der Waals surface area (Å²) in [5, 5.41) is 1.04. The molecule has 2 aromatic rings. The Labute approximate surface area is 75.8 Å². The third-order valence-corrected chi connectivity index (χ3v) is 2.12. The molecule has 0 radical (unpaired) electrons. The second-order valence-corrected chi connectivity index (χ2v) is 3.02. The minimum Gasteiger partial charge on any atom is -0.351 e. The number of fused-ring (bicyclic) bond motifs is 1. The van der Waals surface area contributed by atoms with Gasteiger partial charge in [0.1, 0.15) is 0 Å². The predicted molar refractivity (Wildman–Crippen MR) is 51.7 cm³/mol. The summed E-state index contributed by atoms with van der Waals surface area (Å²) in [6, 6.07) is 9.18. The summed E-state index contributed by atoms with van der Waals surface area (Å²) in [5.41, 5.74) is 6.99. The Morgan fingerprint density at radius 1 is 1.38 bits per heavy atom. The lowest BCUT2D eigenvalue weighted by atomic mass is 10.2. The van der Waals surface area contributed by atoms with Crippen LogP contribution >= 0.6 is 0 Å². The van der Waals surface area contributed by atoms with Gasteiger partial charge in [0.05, 0.1) is 5.52 Å². The first-order chi connectivity index (χ1) is 6.20. The fraction of sp³-hybridized carbons (Fsp3) is 0.100. The van der Waals surface area contributed by atoms with E-state index < -0.39 is 6.03 Å². The number of amides is 1. The van der Waals surface area contributed by atoms with Gasteiger partial charge in [0.2, 0.25) is 0 Å². The average Bonchev–Trinajstić information content (AvgIpc) is 2.39. The summed E-state index contributed by atoms with van der Waals surface area (Å²) in [5.74, 6) is 0. The van der Waals surface area contributed by atoms with Gasteiger partial charge in [-0.15, -0.1) is 0 Å². The standard InChI is InChI=1S/C10H10N2O/c1-7-6-8-4-2-3-5-9(8)12(7)10(11)13/h2-6H,1H3,(H2,11,13). The number of carbonyl (C=O) groups is 1. The second kappa shape index (κ2) is 2.62. The Morgan fingerprint density at radius 2 is 2.08 bits per heavy atom. The first-order valence-electron chi connectivity index (χ1n) is 4.07. The maximum absolute atomic E-state index is 11.1. The van der Waals surface area contributed by atoms with Gasteiger partial charge in [0.25, 0.3) is 0 Å². The molecule has 66 valence electrons. The van der Waals surface area contributed by atoms with Crippen LogP contribution in [0.4, 0.5) is 4.79 Å². The zero-order chi connectivity index (χ0) is 9.42. The number of rotatable bonds is 0. The monoisotopic (exact) mass is 174 g/mol. The van der Waals surface area contributed by atoms with Gasteiger partial charge in [-0.2, -0.15) is 0 Å². The SMILES string of the molecule is Cc1cc2ccccc2n1C(N)=O. The molecule has 1 amide bonds. The highest BCUT2D eigenvalue weighted by molar-refractivity contribution is 5.92. The minimum atomic E-state index is -0.432. The topological polar surface area (TPSA) is 48.0 Å². The van der Waals surface area contributed by atoms with Gasteiger partial charge in [0.15, 0.2) is 0 Å². The molecule has 0 bridgehead atoms. The van der Waals surface area contributed by atoms with Crippen LogP contribution in [0.25, 0.3) is 10.9 Å². The average molecular weight is 174 g/mol. The molecule has 2 N–H and O–H groups in total. The smallest absolute Gasteiger partial charge is 0.323 e. The number of aryl methyl sites for hydroxylation is 1. The number of aromatic nitrogens is 1. The molecule has 0 aliphatic carbocycles. The molecule has 0 saturated heterocycles. The highest BCUT2D eigenvalue weighted by Crippen LogP contribution is 2.17. The molecule has 3 nitrogen and oxygen atoms in total. The van der Waals surface area contributed by atoms with Gasteiger partial charge in [0, 0.05) is 11.1 Å². The molecule has 0 spiro atoms. The Bertz CT molecular complexity index is 471. The van der Waals surface area contributed by atoms with Crippen LogP contribution in [0.15, 0.2) is 30.3 Å². The van der Waals surface area contributed by atoms with Gasteiger partial charge < -0.3 is 5.73 Å². The van der Waals surface area contributed by atoms with E-state index in [9.17, 15) is 4.79 Å². The molecule has 0 aliphatic heterocycles. The zero-order valence-corrected chi connectivity index (χ0v) is 7.32. The summed E-state index contributed by atoms with van der Waals surface area (Å²) in [6.45, 7) is 1.87. The van der Waals surface area contributed by atoms with E-state index in [-0.39, 0.29) is 0 Å². The van der Waals surface area contributed by atoms with Crippen LogP contribution < -0.4 is 5.73 Å². The lowest BCUT2D eigenvalue weighted by Crippen LogP contribution is -2.20. The minimum absolute atomic E-state index is 0.432. The maximum Gasteiger partial charge on any atom is 0.323 e. The Balaban J connectivity index is 2.86. The Morgan fingerprint density at radius 3 is 2.77 bits per heavy atom. The van der Waals surface area contributed by atoms with E-state index in [4.69, 9.17) is 5.73 Å². The van der Waals surface area contributed by atoms with Gasteiger partial charge in [-0.05, 0) is 19.1 Å².